The molecular weight excluding hydrogens is 490 g/mol. The summed E-state index contributed by atoms with van der Waals surface area (Å²) in [6.07, 6.45) is 7.41. The lowest BCUT2D eigenvalue weighted by atomic mass is 9.88. The van der Waals surface area contributed by atoms with Crippen molar-refractivity contribution in [1.29, 1.82) is 0 Å². The van der Waals surface area contributed by atoms with Crippen LogP contribution in [0.4, 0.5) is 0 Å². The number of aromatic amines is 1. The molecule has 1 aliphatic carbocycles. The number of sulfone groups is 1. The zero-order chi connectivity index (χ0) is 25.5. The van der Waals surface area contributed by atoms with Gasteiger partial charge < -0.3 is 4.98 Å². The molecule has 4 aromatic heterocycles. The molecule has 2 bridgehead atoms. The Bertz CT molecular complexity index is 1590. The number of fused-ring (bicyclic) bond motifs is 4. The number of pyridine rings is 1. The van der Waals surface area contributed by atoms with Crippen molar-refractivity contribution in [3.63, 3.8) is 0 Å². The van der Waals surface area contributed by atoms with Gasteiger partial charge in [-0.15, -0.1) is 11.3 Å². The number of hydrogen-bond donors (Lipinski definition) is 1. The summed E-state index contributed by atoms with van der Waals surface area (Å²) in [7, 11) is -2.92. The molecule has 3 atom stereocenters. The van der Waals surface area contributed by atoms with E-state index < -0.39 is 9.84 Å². The first-order valence-electron chi connectivity index (χ1n) is 12.9. The Labute approximate surface area is 216 Å². The molecule has 0 spiro atoms. The lowest BCUT2D eigenvalue weighted by Crippen LogP contribution is -2.37. The molecule has 0 radical (unpaired) electrons. The number of piperidine rings is 1. The first-order chi connectivity index (χ1) is 17.0. The maximum atomic E-state index is 11.7. The smallest absolute Gasteiger partial charge is 0.158 e. The Balaban J connectivity index is 1.37. The first kappa shape index (κ1) is 24.1. The summed E-state index contributed by atoms with van der Waals surface area (Å²) in [5, 5.41) is 5.81. The van der Waals surface area contributed by atoms with Crippen LogP contribution in [0.1, 0.15) is 65.7 Å². The normalized spacial score (nSPS) is 22.7. The summed E-state index contributed by atoms with van der Waals surface area (Å²) in [6, 6.07) is 0.516. The molecule has 36 heavy (non-hydrogen) atoms. The van der Waals surface area contributed by atoms with Crippen molar-refractivity contribution in [2.45, 2.75) is 65.3 Å². The second-order valence-electron chi connectivity index (χ2n) is 11.3. The number of hydrogen-bond acceptors (Lipinski definition) is 6. The van der Waals surface area contributed by atoms with E-state index in [1.807, 2.05) is 15.9 Å². The van der Waals surface area contributed by atoms with E-state index in [4.69, 9.17) is 0 Å². The predicted molar refractivity (Wildman–Crippen MR) is 147 cm³/mol. The van der Waals surface area contributed by atoms with Gasteiger partial charge in [0, 0.05) is 47.4 Å². The molecule has 5 heterocycles. The third-order valence-electron chi connectivity index (χ3n) is 8.68. The second-order valence-corrected chi connectivity index (χ2v) is 14.6. The summed E-state index contributed by atoms with van der Waals surface area (Å²) in [6.45, 7) is 12.9. The molecule has 2 aliphatic rings. The Morgan fingerprint density at radius 2 is 1.94 bits per heavy atom. The summed E-state index contributed by atoms with van der Waals surface area (Å²) < 4.78 is 25.2. The minimum atomic E-state index is -2.92. The fourth-order valence-electron chi connectivity index (χ4n) is 6.77. The Morgan fingerprint density at radius 3 is 2.61 bits per heavy atom. The Kier molecular flexibility index (Phi) is 5.63. The van der Waals surface area contributed by atoms with Crippen LogP contribution in [-0.2, 0) is 9.84 Å². The van der Waals surface area contributed by atoms with Crippen LogP contribution in [0.5, 0.6) is 0 Å². The molecule has 9 heteroatoms. The molecular formula is C27H35N5O2S2. The molecule has 1 unspecified atom stereocenters. The Morgan fingerprint density at radius 1 is 1.17 bits per heavy atom. The van der Waals surface area contributed by atoms with Crippen molar-refractivity contribution in [1.82, 2.24) is 24.5 Å². The van der Waals surface area contributed by atoms with Gasteiger partial charge >= 0.3 is 0 Å². The quantitative estimate of drug-likeness (QED) is 0.374. The molecule has 0 aromatic carbocycles. The molecule has 1 N–H and O–H groups in total. The third-order valence-corrected chi connectivity index (χ3v) is 10.9. The molecule has 2 fully saturated rings. The summed E-state index contributed by atoms with van der Waals surface area (Å²) in [5.74, 6) is 1.85. The largest absolute Gasteiger partial charge is 0.346 e. The van der Waals surface area contributed by atoms with E-state index in [2.05, 4.69) is 60.8 Å². The van der Waals surface area contributed by atoms with Gasteiger partial charge in [-0.25, -0.2) is 17.9 Å². The van der Waals surface area contributed by atoms with E-state index in [9.17, 15) is 8.42 Å². The van der Waals surface area contributed by atoms with Gasteiger partial charge in [0.05, 0.1) is 11.4 Å². The number of H-pyrrole nitrogens is 1. The number of aryl methyl sites for hydroxylation is 2. The average Bonchev–Trinajstić information content (AvgIpc) is 3.60. The van der Waals surface area contributed by atoms with Crippen molar-refractivity contribution < 1.29 is 8.42 Å². The van der Waals surface area contributed by atoms with Crippen LogP contribution in [0, 0.1) is 26.7 Å². The fourth-order valence-corrected chi connectivity index (χ4v) is 8.77. The SMILES string of the molecule is Cc1c(-c2[nH]c3sc([C@@H]4CC5C[C@H]4CN5CCS(C)(=O)=O)c(C)c3c2C(C)C)cn2ncnc2c1C. The van der Waals surface area contributed by atoms with E-state index in [0.717, 1.165) is 24.2 Å². The molecule has 1 saturated carbocycles. The maximum Gasteiger partial charge on any atom is 0.158 e. The van der Waals surface area contributed by atoms with Crippen molar-refractivity contribution in [3.8, 4) is 11.3 Å². The number of rotatable bonds is 6. The second kappa shape index (κ2) is 8.39. The van der Waals surface area contributed by atoms with Crippen molar-refractivity contribution in [3.05, 3.63) is 39.7 Å². The molecule has 1 saturated heterocycles. The summed E-state index contributed by atoms with van der Waals surface area (Å²) >= 11 is 1.94. The van der Waals surface area contributed by atoms with E-state index in [1.54, 1.807) is 6.33 Å². The zero-order valence-corrected chi connectivity index (χ0v) is 23.6. The van der Waals surface area contributed by atoms with Crippen LogP contribution >= 0.6 is 11.3 Å². The van der Waals surface area contributed by atoms with E-state index >= 15 is 0 Å². The molecule has 0 amide bonds. The average molecular weight is 526 g/mol. The molecule has 4 aromatic rings. The molecule has 1 aliphatic heterocycles. The van der Waals surface area contributed by atoms with Gasteiger partial charge in [-0.2, -0.15) is 5.10 Å². The van der Waals surface area contributed by atoms with Crippen LogP contribution < -0.4 is 0 Å². The molecule has 7 nitrogen and oxygen atoms in total. The standard InChI is InChI=1S/C27H35N5O2S2/c1-14(2)22-23-17(5)25(20-10-19-9-18(20)11-31(19)7-8-36(6,33)34)35-27(23)30-24(22)21-12-32-26(28-13-29-32)16(4)15(21)3/h12-14,18-20,30H,7-11H2,1-6H3/t18-,19?,20+/m0/s1. The number of likely N-dealkylation sites (tertiary alicyclic amines) is 1. The minimum absolute atomic E-state index is 0.266. The van der Waals surface area contributed by atoms with Gasteiger partial charge in [0.1, 0.15) is 21.0 Å². The monoisotopic (exact) mass is 525 g/mol. The highest BCUT2D eigenvalue weighted by atomic mass is 32.2. The number of aromatic nitrogens is 4. The van der Waals surface area contributed by atoms with E-state index in [-0.39, 0.29) is 5.75 Å². The number of nitrogens with one attached hydrogen (secondary N) is 1. The fraction of sp³-hybridized carbons (Fsp3) is 0.556. The van der Waals surface area contributed by atoms with Crippen LogP contribution in [0.3, 0.4) is 0 Å². The zero-order valence-electron chi connectivity index (χ0n) is 21.9. The molecule has 6 rings (SSSR count). The predicted octanol–water partition coefficient (Wildman–Crippen LogP) is 5.21. The van der Waals surface area contributed by atoms with Gasteiger partial charge in [-0.05, 0) is 73.6 Å². The topological polar surface area (TPSA) is 83.4 Å². The highest BCUT2D eigenvalue weighted by Gasteiger charge is 2.46. The van der Waals surface area contributed by atoms with Crippen LogP contribution in [0.15, 0.2) is 12.5 Å². The van der Waals surface area contributed by atoms with Crippen molar-refractivity contribution >= 4 is 37.0 Å². The van der Waals surface area contributed by atoms with Gasteiger partial charge in [0.15, 0.2) is 5.65 Å². The van der Waals surface area contributed by atoms with Gasteiger partial charge in [-0.1, -0.05) is 13.8 Å². The molecule has 192 valence electrons. The summed E-state index contributed by atoms with van der Waals surface area (Å²) in [4.78, 5) is 13.5. The van der Waals surface area contributed by atoms with Crippen LogP contribution in [-0.4, -0.2) is 64.0 Å². The van der Waals surface area contributed by atoms with Gasteiger partial charge in [0.25, 0.3) is 0 Å². The van der Waals surface area contributed by atoms with Crippen LogP contribution in [0.2, 0.25) is 0 Å². The third kappa shape index (κ3) is 3.73. The van der Waals surface area contributed by atoms with E-state index in [1.165, 1.54) is 55.7 Å². The minimum Gasteiger partial charge on any atom is -0.346 e. The first-order valence-corrected chi connectivity index (χ1v) is 15.8. The highest BCUT2D eigenvalue weighted by Crippen LogP contribution is 2.53. The number of nitrogens with zero attached hydrogens (tertiary/aromatic N) is 4. The highest BCUT2D eigenvalue weighted by molar-refractivity contribution is 7.90. The maximum absolute atomic E-state index is 11.7. The Hall–Kier alpha value is -2.23. The van der Waals surface area contributed by atoms with Crippen molar-refractivity contribution in [2.24, 2.45) is 5.92 Å². The van der Waals surface area contributed by atoms with Crippen molar-refractivity contribution in [2.75, 3.05) is 25.1 Å². The van der Waals surface area contributed by atoms with Crippen LogP contribution in [0.25, 0.3) is 27.1 Å². The van der Waals surface area contributed by atoms with E-state index in [0.29, 0.717) is 30.3 Å². The lowest BCUT2D eigenvalue weighted by molar-refractivity contribution is 0.211. The van der Waals surface area contributed by atoms with Gasteiger partial charge in [-0.3, -0.25) is 4.90 Å². The summed E-state index contributed by atoms with van der Waals surface area (Å²) in [5.41, 5.74) is 8.54. The lowest BCUT2D eigenvalue weighted by Gasteiger charge is -2.31. The van der Waals surface area contributed by atoms with Gasteiger partial charge in [0.2, 0.25) is 0 Å². The number of thiophene rings is 1.